The van der Waals surface area contributed by atoms with Gasteiger partial charge in [0.25, 0.3) is 5.56 Å². The molecule has 1 amide bonds. The molecule has 0 radical (unpaired) electrons. The molecule has 0 aliphatic heterocycles. The summed E-state index contributed by atoms with van der Waals surface area (Å²) in [5.41, 5.74) is 0.854. The number of nitrogens with zero attached hydrogens (tertiary/aromatic N) is 1. The van der Waals surface area contributed by atoms with Gasteiger partial charge in [0.05, 0.1) is 10.1 Å². The average Bonchev–Trinajstić information content (AvgIpc) is 2.91. The molecular formula is C18H17FN2O2S. The molecule has 6 heteroatoms. The van der Waals surface area contributed by atoms with E-state index in [1.165, 1.54) is 23.7 Å². The first-order valence-corrected chi connectivity index (χ1v) is 8.51. The van der Waals surface area contributed by atoms with E-state index >= 15 is 0 Å². The van der Waals surface area contributed by atoms with Crippen molar-refractivity contribution >= 4 is 27.5 Å². The summed E-state index contributed by atoms with van der Waals surface area (Å²) in [5, 5.41) is 3.53. The largest absolute Gasteiger partial charge is 0.352 e. The average molecular weight is 344 g/mol. The molecule has 1 N–H and O–H groups in total. The number of carbonyl (C=O) groups is 1. The predicted octanol–water partition coefficient (Wildman–Crippen LogP) is 3.30. The van der Waals surface area contributed by atoms with Gasteiger partial charge in [-0.15, -0.1) is 0 Å². The maximum absolute atomic E-state index is 12.8. The van der Waals surface area contributed by atoms with Gasteiger partial charge in [0.1, 0.15) is 5.82 Å². The molecule has 0 fully saturated rings. The summed E-state index contributed by atoms with van der Waals surface area (Å²) in [4.78, 5) is 24.0. The van der Waals surface area contributed by atoms with Crippen LogP contribution in [0.15, 0.2) is 53.3 Å². The van der Waals surface area contributed by atoms with Crippen molar-refractivity contribution in [1.82, 2.24) is 9.27 Å². The number of rotatable bonds is 6. The Labute approximate surface area is 142 Å². The van der Waals surface area contributed by atoms with Crippen LogP contribution in [-0.2, 0) is 17.9 Å². The van der Waals surface area contributed by atoms with E-state index in [-0.39, 0.29) is 17.3 Å². The number of hydrogen-bond acceptors (Lipinski definition) is 3. The van der Waals surface area contributed by atoms with E-state index in [2.05, 4.69) is 5.32 Å². The minimum Gasteiger partial charge on any atom is -0.352 e. The highest BCUT2D eigenvalue weighted by molar-refractivity contribution is 7.13. The third kappa shape index (κ3) is 3.89. The molecule has 0 aliphatic rings. The number of aromatic nitrogens is 1. The number of aryl methyl sites for hydroxylation is 1. The number of benzene rings is 2. The predicted molar refractivity (Wildman–Crippen MR) is 93.6 cm³/mol. The van der Waals surface area contributed by atoms with Crippen molar-refractivity contribution < 1.29 is 9.18 Å². The summed E-state index contributed by atoms with van der Waals surface area (Å²) in [6, 6.07) is 13.5. The number of carbonyl (C=O) groups excluding carboxylic acids is 1. The third-order valence-corrected chi connectivity index (χ3v) is 4.84. The minimum atomic E-state index is -0.293. The summed E-state index contributed by atoms with van der Waals surface area (Å²) in [6.07, 6.45) is 0.948. The van der Waals surface area contributed by atoms with Gasteiger partial charge < -0.3 is 5.32 Å². The van der Waals surface area contributed by atoms with Crippen LogP contribution in [0.2, 0.25) is 0 Å². The van der Waals surface area contributed by atoms with Crippen LogP contribution in [0.5, 0.6) is 0 Å². The summed E-state index contributed by atoms with van der Waals surface area (Å²) in [6.45, 7) is 0.907. The highest BCUT2D eigenvalue weighted by Gasteiger charge is 2.07. The molecule has 124 valence electrons. The molecule has 0 spiro atoms. The molecule has 2 aromatic carbocycles. The van der Waals surface area contributed by atoms with Gasteiger partial charge in [0.15, 0.2) is 0 Å². The second-order valence-electron chi connectivity index (χ2n) is 5.50. The first-order chi connectivity index (χ1) is 11.6. The summed E-state index contributed by atoms with van der Waals surface area (Å²) < 4.78 is 15.5. The Balaban J connectivity index is 1.48. The molecule has 4 nitrogen and oxygen atoms in total. The normalized spacial score (nSPS) is 10.9. The zero-order chi connectivity index (χ0) is 16.9. The van der Waals surface area contributed by atoms with Crippen LogP contribution in [0.25, 0.3) is 10.1 Å². The molecule has 0 bridgehead atoms. The first kappa shape index (κ1) is 16.4. The Morgan fingerprint density at radius 1 is 1.12 bits per heavy atom. The van der Waals surface area contributed by atoms with Gasteiger partial charge in [-0.1, -0.05) is 35.8 Å². The quantitative estimate of drug-likeness (QED) is 0.746. The van der Waals surface area contributed by atoms with Crippen molar-refractivity contribution in [1.29, 1.82) is 0 Å². The van der Waals surface area contributed by atoms with E-state index in [9.17, 15) is 14.0 Å². The topological polar surface area (TPSA) is 51.1 Å². The van der Waals surface area contributed by atoms with Gasteiger partial charge in [-0.25, -0.2) is 4.39 Å². The van der Waals surface area contributed by atoms with Crippen LogP contribution in [0.4, 0.5) is 4.39 Å². The van der Waals surface area contributed by atoms with E-state index in [0.717, 1.165) is 15.6 Å². The summed E-state index contributed by atoms with van der Waals surface area (Å²) >= 11 is 1.42. The lowest BCUT2D eigenvalue weighted by Gasteiger charge is -2.05. The molecule has 0 saturated carbocycles. The van der Waals surface area contributed by atoms with Crippen molar-refractivity contribution in [3.8, 4) is 0 Å². The molecule has 0 atom stereocenters. The molecule has 3 aromatic rings. The van der Waals surface area contributed by atoms with Crippen molar-refractivity contribution in [3.05, 3.63) is 70.3 Å². The maximum Gasteiger partial charge on any atom is 0.268 e. The Morgan fingerprint density at radius 3 is 2.62 bits per heavy atom. The van der Waals surface area contributed by atoms with Crippen LogP contribution in [0, 0.1) is 5.82 Å². The van der Waals surface area contributed by atoms with E-state index in [1.807, 2.05) is 24.3 Å². The van der Waals surface area contributed by atoms with Crippen molar-refractivity contribution in [2.45, 2.75) is 25.9 Å². The molecule has 1 heterocycles. The Bertz CT molecular complexity index is 899. The molecule has 1 aromatic heterocycles. The smallest absolute Gasteiger partial charge is 0.268 e. The van der Waals surface area contributed by atoms with E-state index in [1.54, 1.807) is 16.1 Å². The molecule has 24 heavy (non-hydrogen) atoms. The SMILES string of the molecule is O=C(CCCn1sc2ccccc2c1=O)NCc1ccc(F)cc1. The van der Waals surface area contributed by atoms with Gasteiger partial charge in [0.2, 0.25) is 5.91 Å². The highest BCUT2D eigenvalue weighted by Crippen LogP contribution is 2.16. The van der Waals surface area contributed by atoms with Crippen LogP contribution in [-0.4, -0.2) is 9.86 Å². The fraction of sp³-hybridized carbons (Fsp3) is 0.222. The summed E-state index contributed by atoms with van der Waals surface area (Å²) in [5.74, 6) is -0.368. The standard InChI is InChI=1S/C18H17FN2O2S/c19-14-9-7-13(8-10-14)12-20-17(22)6-3-11-21-18(23)15-4-1-2-5-16(15)24-21/h1-2,4-5,7-10H,3,6,11-12H2,(H,20,22). The molecule has 3 rings (SSSR count). The highest BCUT2D eigenvalue weighted by atomic mass is 32.1. The molecule has 0 aliphatic carbocycles. The van der Waals surface area contributed by atoms with Gasteiger partial charge in [-0.05, 0) is 36.2 Å². The van der Waals surface area contributed by atoms with Gasteiger partial charge >= 0.3 is 0 Å². The molecular weight excluding hydrogens is 327 g/mol. The maximum atomic E-state index is 12.8. The zero-order valence-electron chi connectivity index (χ0n) is 13.0. The third-order valence-electron chi connectivity index (χ3n) is 3.72. The van der Waals surface area contributed by atoms with Gasteiger partial charge in [-0.3, -0.25) is 13.5 Å². The first-order valence-electron chi connectivity index (χ1n) is 7.73. The molecule has 0 unspecified atom stereocenters. The van der Waals surface area contributed by atoms with Crippen LogP contribution in [0.1, 0.15) is 18.4 Å². The van der Waals surface area contributed by atoms with Crippen LogP contribution in [0.3, 0.4) is 0 Å². The fourth-order valence-corrected chi connectivity index (χ4v) is 3.47. The lowest BCUT2D eigenvalue weighted by atomic mass is 10.2. The van der Waals surface area contributed by atoms with Gasteiger partial charge in [-0.2, -0.15) is 0 Å². The van der Waals surface area contributed by atoms with Crippen LogP contribution < -0.4 is 10.9 Å². The van der Waals surface area contributed by atoms with E-state index in [4.69, 9.17) is 0 Å². The van der Waals surface area contributed by atoms with E-state index in [0.29, 0.717) is 25.9 Å². The number of halogens is 1. The van der Waals surface area contributed by atoms with Gasteiger partial charge in [0, 0.05) is 19.5 Å². The van der Waals surface area contributed by atoms with E-state index < -0.39 is 0 Å². The molecule has 0 saturated heterocycles. The van der Waals surface area contributed by atoms with Crippen molar-refractivity contribution in [3.63, 3.8) is 0 Å². The number of amides is 1. The van der Waals surface area contributed by atoms with Crippen LogP contribution >= 0.6 is 11.5 Å². The zero-order valence-corrected chi connectivity index (χ0v) is 13.8. The number of hydrogen-bond donors (Lipinski definition) is 1. The Morgan fingerprint density at radius 2 is 1.88 bits per heavy atom. The lowest BCUT2D eigenvalue weighted by Crippen LogP contribution is -2.23. The number of nitrogens with one attached hydrogen (secondary N) is 1. The Hall–Kier alpha value is -2.47. The Kier molecular flexibility index (Phi) is 5.05. The lowest BCUT2D eigenvalue weighted by molar-refractivity contribution is -0.121. The second kappa shape index (κ2) is 7.40. The van der Waals surface area contributed by atoms with Crippen molar-refractivity contribution in [2.24, 2.45) is 0 Å². The fourth-order valence-electron chi connectivity index (χ4n) is 2.44. The minimum absolute atomic E-state index is 0.00215. The second-order valence-corrected chi connectivity index (χ2v) is 6.56. The summed E-state index contributed by atoms with van der Waals surface area (Å²) in [7, 11) is 0. The van der Waals surface area contributed by atoms with Crippen molar-refractivity contribution in [2.75, 3.05) is 0 Å². The monoisotopic (exact) mass is 344 g/mol. The number of fused-ring (bicyclic) bond motifs is 1.